The fourth-order valence-electron chi connectivity index (χ4n) is 1.38. The number of thiophene rings is 1. The Kier molecular flexibility index (Phi) is 4.86. The molecular weight excluding hydrogens is 503 g/mol. The van der Waals surface area contributed by atoms with Gasteiger partial charge in [-0.1, -0.05) is 22.0 Å². The van der Waals surface area contributed by atoms with Crippen molar-refractivity contribution in [2.45, 2.75) is 4.83 Å². The summed E-state index contributed by atoms with van der Waals surface area (Å²) in [5.41, 5.74) is 1.97. The number of halogens is 5. The lowest BCUT2D eigenvalue weighted by molar-refractivity contribution is 0.619. The van der Waals surface area contributed by atoms with Crippen LogP contribution in [0.2, 0.25) is 0 Å². The smallest absolute Gasteiger partial charge is 0.137 e. The summed E-state index contributed by atoms with van der Waals surface area (Å²) in [6.07, 6.45) is 0. The van der Waals surface area contributed by atoms with Crippen LogP contribution in [0.25, 0.3) is 0 Å². The molecule has 2 rings (SSSR count). The summed E-state index contributed by atoms with van der Waals surface area (Å²) in [4.78, 5) is -0.0259. The predicted molar refractivity (Wildman–Crippen MR) is 84.6 cm³/mol. The van der Waals surface area contributed by atoms with Gasteiger partial charge in [0.05, 0.1) is 16.9 Å². The van der Waals surface area contributed by atoms with Crippen LogP contribution >= 0.6 is 75.1 Å². The average molecular weight is 508 g/mol. The van der Waals surface area contributed by atoms with E-state index in [0.29, 0.717) is 4.47 Å². The zero-order valence-corrected chi connectivity index (χ0v) is 15.3. The third-order valence-electron chi connectivity index (χ3n) is 2.19. The van der Waals surface area contributed by atoms with E-state index < -0.39 is 0 Å². The van der Waals surface area contributed by atoms with Crippen LogP contribution in [-0.2, 0) is 0 Å². The quantitative estimate of drug-likeness (QED) is 0.399. The van der Waals surface area contributed by atoms with Crippen LogP contribution < -0.4 is 0 Å². The maximum Gasteiger partial charge on any atom is 0.137 e. The Morgan fingerprint density at radius 3 is 2.35 bits per heavy atom. The monoisotopic (exact) mass is 504 g/mol. The molecule has 1 heterocycles. The normalized spacial score (nSPS) is 12.8. The van der Waals surface area contributed by atoms with Crippen molar-refractivity contribution in [3.8, 4) is 0 Å². The van der Waals surface area contributed by atoms with E-state index >= 15 is 0 Å². The Hall–Kier alpha value is 0.770. The molecule has 0 aliphatic heterocycles. The molecule has 0 bridgehead atoms. The Balaban J connectivity index is 2.40. The van der Waals surface area contributed by atoms with Crippen molar-refractivity contribution in [3.05, 3.63) is 53.3 Å². The number of rotatable bonds is 2. The highest BCUT2D eigenvalue weighted by Crippen LogP contribution is 2.42. The summed E-state index contributed by atoms with van der Waals surface area (Å²) < 4.78 is 16.0. The molecule has 0 spiro atoms. The minimum atomic E-state index is -0.252. The second kappa shape index (κ2) is 5.82. The molecule has 1 aromatic carbocycles. The molecule has 2 aromatic rings. The lowest BCUT2D eigenvalue weighted by atomic mass is 10.1. The molecule has 0 N–H and O–H groups in total. The molecule has 0 aliphatic carbocycles. The second-order valence-electron chi connectivity index (χ2n) is 3.32. The Morgan fingerprint density at radius 1 is 1.12 bits per heavy atom. The molecule has 0 amide bonds. The van der Waals surface area contributed by atoms with Gasteiger partial charge in [-0.25, -0.2) is 4.39 Å². The Bertz CT molecular complexity index is 552. The number of alkyl halides is 1. The highest BCUT2D eigenvalue weighted by atomic mass is 79.9. The van der Waals surface area contributed by atoms with Crippen molar-refractivity contribution in [2.75, 3.05) is 0 Å². The molecule has 0 saturated heterocycles. The van der Waals surface area contributed by atoms with Crippen LogP contribution in [0.15, 0.2) is 36.3 Å². The lowest BCUT2D eigenvalue weighted by Crippen LogP contribution is -1.93. The van der Waals surface area contributed by atoms with Gasteiger partial charge in [0, 0.05) is 0 Å². The van der Waals surface area contributed by atoms with Gasteiger partial charge in [0.15, 0.2) is 0 Å². The van der Waals surface area contributed by atoms with Crippen molar-refractivity contribution in [1.29, 1.82) is 0 Å². The first-order valence-electron chi connectivity index (χ1n) is 4.53. The van der Waals surface area contributed by atoms with Crippen molar-refractivity contribution < 1.29 is 4.39 Å². The van der Waals surface area contributed by atoms with Gasteiger partial charge in [0.1, 0.15) is 5.82 Å². The van der Waals surface area contributed by atoms with Crippen LogP contribution in [-0.4, -0.2) is 0 Å². The summed E-state index contributed by atoms with van der Waals surface area (Å²) in [7, 11) is 0. The van der Waals surface area contributed by atoms with Crippen LogP contribution in [0.4, 0.5) is 4.39 Å². The third kappa shape index (κ3) is 3.21. The predicted octanol–water partition coefficient (Wildman–Crippen LogP) is 6.66. The molecule has 0 fully saturated rings. The standard InChI is InChI=1S/C11H5Br4FS/c12-7-2-1-5(3-8(7)16)10(14)6-4-9(13)17-11(6)15/h1-4,10H. The van der Waals surface area contributed by atoms with E-state index in [2.05, 4.69) is 63.7 Å². The van der Waals surface area contributed by atoms with Gasteiger partial charge in [0.25, 0.3) is 0 Å². The van der Waals surface area contributed by atoms with Gasteiger partial charge < -0.3 is 0 Å². The van der Waals surface area contributed by atoms with Crippen molar-refractivity contribution in [3.63, 3.8) is 0 Å². The maximum absolute atomic E-state index is 13.5. The zero-order chi connectivity index (χ0) is 12.6. The third-order valence-corrected chi connectivity index (χ3v) is 6.24. The average Bonchev–Trinajstić information content (AvgIpc) is 2.61. The first-order chi connectivity index (χ1) is 7.99. The topological polar surface area (TPSA) is 0 Å². The fraction of sp³-hybridized carbons (Fsp3) is 0.0909. The van der Waals surface area contributed by atoms with E-state index in [9.17, 15) is 4.39 Å². The van der Waals surface area contributed by atoms with E-state index in [0.717, 1.165) is 18.7 Å². The van der Waals surface area contributed by atoms with Gasteiger partial charge in [-0.05, 0) is 77.1 Å². The zero-order valence-electron chi connectivity index (χ0n) is 8.18. The molecule has 0 nitrogen and oxygen atoms in total. The van der Waals surface area contributed by atoms with Crippen LogP contribution in [0, 0.1) is 5.82 Å². The summed E-state index contributed by atoms with van der Waals surface area (Å²) in [6, 6.07) is 7.16. The van der Waals surface area contributed by atoms with Gasteiger partial charge in [-0.3, -0.25) is 0 Å². The largest absolute Gasteiger partial charge is 0.206 e. The van der Waals surface area contributed by atoms with E-state index in [4.69, 9.17) is 0 Å². The van der Waals surface area contributed by atoms with Crippen molar-refractivity contribution in [1.82, 2.24) is 0 Å². The van der Waals surface area contributed by atoms with Crippen LogP contribution in [0.5, 0.6) is 0 Å². The summed E-state index contributed by atoms with van der Waals surface area (Å²) in [6.45, 7) is 0. The van der Waals surface area contributed by atoms with Crippen LogP contribution in [0.3, 0.4) is 0 Å². The maximum atomic E-state index is 13.5. The van der Waals surface area contributed by atoms with E-state index in [1.165, 1.54) is 6.07 Å². The van der Waals surface area contributed by atoms with Crippen LogP contribution in [0.1, 0.15) is 16.0 Å². The van der Waals surface area contributed by atoms with Gasteiger partial charge >= 0.3 is 0 Å². The molecular formula is C11H5Br4FS. The van der Waals surface area contributed by atoms with Gasteiger partial charge in [0.2, 0.25) is 0 Å². The SMILES string of the molecule is Fc1cc(C(Br)c2cc(Br)sc2Br)ccc1Br. The van der Waals surface area contributed by atoms with Gasteiger partial charge in [-0.15, -0.1) is 11.3 Å². The molecule has 17 heavy (non-hydrogen) atoms. The van der Waals surface area contributed by atoms with E-state index in [1.54, 1.807) is 17.4 Å². The highest BCUT2D eigenvalue weighted by Gasteiger charge is 2.17. The first-order valence-corrected chi connectivity index (χ1v) is 8.64. The fourth-order valence-corrected chi connectivity index (χ4v) is 5.63. The Labute approximate surface area is 136 Å². The van der Waals surface area contributed by atoms with Crippen molar-refractivity contribution in [2.24, 2.45) is 0 Å². The molecule has 0 saturated carbocycles. The van der Waals surface area contributed by atoms with Crippen molar-refractivity contribution >= 4 is 75.1 Å². The molecule has 6 heteroatoms. The minimum absolute atomic E-state index is 0.0259. The summed E-state index contributed by atoms with van der Waals surface area (Å²) in [5, 5.41) is 0. The van der Waals surface area contributed by atoms with E-state index in [1.807, 2.05) is 12.1 Å². The summed E-state index contributed by atoms with van der Waals surface area (Å²) >= 11 is 15.3. The molecule has 0 radical (unpaired) electrons. The molecule has 1 atom stereocenters. The lowest BCUT2D eigenvalue weighted by Gasteiger charge is -2.10. The minimum Gasteiger partial charge on any atom is -0.206 e. The molecule has 0 aliphatic rings. The Morgan fingerprint density at radius 2 is 1.82 bits per heavy atom. The second-order valence-corrected chi connectivity index (χ2v) is 8.84. The molecule has 90 valence electrons. The first kappa shape index (κ1) is 14.2. The molecule has 1 unspecified atom stereocenters. The number of hydrogen-bond acceptors (Lipinski definition) is 1. The number of hydrogen-bond donors (Lipinski definition) is 0. The van der Waals surface area contributed by atoms with E-state index in [-0.39, 0.29) is 10.6 Å². The number of benzene rings is 1. The molecule has 1 aromatic heterocycles. The summed E-state index contributed by atoms with van der Waals surface area (Å²) in [5.74, 6) is -0.252. The highest BCUT2D eigenvalue weighted by molar-refractivity contribution is 9.12. The van der Waals surface area contributed by atoms with Gasteiger partial charge in [-0.2, -0.15) is 0 Å².